The summed E-state index contributed by atoms with van der Waals surface area (Å²) in [5.74, 6) is 0.522. The van der Waals surface area contributed by atoms with Gasteiger partial charge in [0.1, 0.15) is 11.5 Å². The van der Waals surface area contributed by atoms with Gasteiger partial charge in [-0.25, -0.2) is 0 Å². The van der Waals surface area contributed by atoms with Gasteiger partial charge in [-0.15, -0.1) is 0 Å². The van der Waals surface area contributed by atoms with Crippen molar-refractivity contribution in [3.8, 4) is 5.75 Å². The summed E-state index contributed by atoms with van der Waals surface area (Å²) in [6.45, 7) is 4.58. The Morgan fingerprint density at radius 2 is 1.72 bits per heavy atom. The Bertz CT molecular complexity index is 494. The predicted molar refractivity (Wildman–Crippen MR) is 71.8 cm³/mol. The van der Waals surface area contributed by atoms with Crippen molar-refractivity contribution in [2.45, 2.75) is 20.8 Å². The minimum Gasteiger partial charge on any atom is -0.512 e. The van der Waals surface area contributed by atoms with Crippen LogP contribution in [0.5, 0.6) is 5.75 Å². The molecular weight excluding hydrogens is 230 g/mol. The number of methoxy groups -OCH3 is 1. The van der Waals surface area contributed by atoms with Crippen molar-refractivity contribution in [1.29, 1.82) is 0 Å². The van der Waals surface area contributed by atoms with Gasteiger partial charge in [-0.1, -0.05) is 0 Å². The van der Waals surface area contributed by atoms with Gasteiger partial charge in [-0.05, 0) is 45.0 Å². The van der Waals surface area contributed by atoms with Gasteiger partial charge in [0.15, 0.2) is 5.78 Å². The first-order valence-corrected chi connectivity index (χ1v) is 5.56. The van der Waals surface area contributed by atoms with Crippen molar-refractivity contribution >= 4 is 17.2 Å². The number of aliphatic hydroxyl groups is 1. The van der Waals surface area contributed by atoms with E-state index in [1.807, 2.05) is 0 Å². The minimum absolute atomic E-state index is 0.0164. The molecule has 0 aromatic heterocycles. The number of aliphatic imine (C=N–C) groups is 1. The lowest BCUT2D eigenvalue weighted by Gasteiger charge is -2.05. The zero-order valence-electron chi connectivity index (χ0n) is 11.0. The van der Waals surface area contributed by atoms with Crippen LogP contribution in [0.25, 0.3) is 0 Å². The van der Waals surface area contributed by atoms with Gasteiger partial charge in [0, 0.05) is 0 Å². The summed E-state index contributed by atoms with van der Waals surface area (Å²) in [6.07, 6.45) is 0. The quantitative estimate of drug-likeness (QED) is 0.505. The number of aliphatic hydroxyl groups excluding tert-OH is 1. The van der Waals surface area contributed by atoms with Crippen molar-refractivity contribution in [2.75, 3.05) is 7.11 Å². The number of Topliss-reactive ketones (excluding diaryl/α,β-unsaturated/α-hetero) is 1. The van der Waals surface area contributed by atoms with Crippen LogP contribution in [0.15, 0.2) is 40.6 Å². The molecule has 0 saturated heterocycles. The Morgan fingerprint density at radius 3 is 2.11 bits per heavy atom. The maximum absolute atomic E-state index is 11.4. The topological polar surface area (TPSA) is 58.9 Å². The Labute approximate surface area is 107 Å². The average molecular weight is 247 g/mol. The van der Waals surface area contributed by atoms with Gasteiger partial charge < -0.3 is 9.84 Å². The highest BCUT2D eigenvalue weighted by Gasteiger charge is 2.11. The van der Waals surface area contributed by atoms with Crippen molar-refractivity contribution in [3.63, 3.8) is 0 Å². The molecule has 0 spiro atoms. The minimum atomic E-state index is -0.204. The highest BCUT2D eigenvalue weighted by molar-refractivity contribution is 6.21. The van der Waals surface area contributed by atoms with Crippen molar-refractivity contribution < 1.29 is 14.6 Å². The number of hydrogen-bond donors (Lipinski definition) is 1. The Kier molecular flexibility index (Phi) is 4.66. The molecular formula is C14H17NO3. The standard InChI is InChI=1S/C14H17NO3/c1-9(14(10(2)16)11(3)17)15-12-5-7-13(18-4)8-6-12/h5-8,16H,1-4H3/b14-10+,15-9?. The van der Waals surface area contributed by atoms with Crippen LogP contribution in [-0.2, 0) is 4.79 Å². The molecule has 0 unspecified atom stereocenters. The number of carbonyl (C=O) groups is 1. The first-order chi connectivity index (χ1) is 8.45. The third-order valence-electron chi connectivity index (χ3n) is 2.44. The number of ketones is 1. The second kappa shape index (κ2) is 6.00. The number of allylic oxidation sites excluding steroid dienone is 2. The van der Waals surface area contributed by atoms with E-state index in [1.54, 1.807) is 38.3 Å². The van der Waals surface area contributed by atoms with Gasteiger partial charge in [-0.3, -0.25) is 9.79 Å². The van der Waals surface area contributed by atoms with Crippen LogP contribution in [0.1, 0.15) is 20.8 Å². The van der Waals surface area contributed by atoms with E-state index < -0.39 is 0 Å². The van der Waals surface area contributed by atoms with Gasteiger partial charge in [0.05, 0.1) is 24.1 Å². The van der Waals surface area contributed by atoms with Crippen LogP contribution in [0.3, 0.4) is 0 Å². The van der Waals surface area contributed by atoms with Crippen LogP contribution >= 0.6 is 0 Å². The van der Waals surface area contributed by atoms with Crippen molar-refractivity contribution in [3.05, 3.63) is 35.6 Å². The second-order valence-corrected chi connectivity index (χ2v) is 3.91. The summed E-state index contributed by atoms with van der Waals surface area (Å²) in [5, 5.41) is 9.47. The molecule has 0 atom stereocenters. The predicted octanol–water partition coefficient (Wildman–Crippen LogP) is 3.21. The van der Waals surface area contributed by atoms with Crippen molar-refractivity contribution in [1.82, 2.24) is 0 Å². The zero-order chi connectivity index (χ0) is 13.7. The van der Waals surface area contributed by atoms with Crippen LogP contribution in [0.2, 0.25) is 0 Å². The molecule has 0 aliphatic carbocycles. The molecule has 4 heteroatoms. The molecule has 18 heavy (non-hydrogen) atoms. The largest absolute Gasteiger partial charge is 0.512 e. The maximum Gasteiger partial charge on any atom is 0.164 e. The Morgan fingerprint density at radius 1 is 1.17 bits per heavy atom. The third kappa shape index (κ3) is 3.45. The molecule has 1 aromatic rings. The molecule has 1 N–H and O–H groups in total. The zero-order valence-corrected chi connectivity index (χ0v) is 11.0. The van der Waals surface area contributed by atoms with E-state index in [1.165, 1.54) is 13.8 Å². The number of benzene rings is 1. The van der Waals surface area contributed by atoms with Gasteiger partial charge in [-0.2, -0.15) is 0 Å². The summed E-state index contributed by atoms with van der Waals surface area (Å²) < 4.78 is 5.05. The Balaban J connectivity index is 3.08. The van der Waals surface area contributed by atoms with Gasteiger partial charge in [0.2, 0.25) is 0 Å². The molecule has 96 valence electrons. The van der Waals surface area contributed by atoms with E-state index in [9.17, 15) is 9.90 Å². The van der Waals surface area contributed by atoms with Gasteiger partial charge in [0.25, 0.3) is 0 Å². The fourth-order valence-electron chi connectivity index (χ4n) is 1.68. The fraction of sp³-hybridized carbons (Fsp3) is 0.286. The highest BCUT2D eigenvalue weighted by Crippen LogP contribution is 2.19. The highest BCUT2D eigenvalue weighted by atomic mass is 16.5. The summed E-state index contributed by atoms with van der Waals surface area (Å²) in [4.78, 5) is 15.7. The van der Waals surface area contributed by atoms with Crippen LogP contribution < -0.4 is 4.74 Å². The molecule has 4 nitrogen and oxygen atoms in total. The van der Waals surface area contributed by atoms with Gasteiger partial charge >= 0.3 is 0 Å². The lowest BCUT2D eigenvalue weighted by molar-refractivity contribution is -0.113. The van der Waals surface area contributed by atoms with E-state index in [4.69, 9.17) is 4.74 Å². The van der Waals surface area contributed by atoms with Crippen LogP contribution in [0, 0.1) is 0 Å². The second-order valence-electron chi connectivity index (χ2n) is 3.91. The number of nitrogens with zero attached hydrogens (tertiary/aromatic N) is 1. The number of carbonyl (C=O) groups excluding carboxylic acids is 1. The van der Waals surface area contributed by atoms with E-state index in [0.29, 0.717) is 11.4 Å². The smallest absolute Gasteiger partial charge is 0.164 e. The first-order valence-electron chi connectivity index (χ1n) is 5.56. The number of hydrogen-bond acceptors (Lipinski definition) is 4. The summed E-state index contributed by atoms with van der Waals surface area (Å²) in [6, 6.07) is 7.14. The summed E-state index contributed by atoms with van der Waals surface area (Å²) in [5.41, 5.74) is 1.45. The molecule has 0 radical (unpaired) electrons. The molecule has 0 aliphatic rings. The lowest BCUT2D eigenvalue weighted by atomic mass is 10.1. The maximum atomic E-state index is 11.4. The van der Waals surface area contributed by atoms with E-state index in [2.05, 4.69) is 4.99 Å². The molecule has 1 aromatic carbocycles. The number of rotatable bonds is 4. The average Bonchev–Trinajstić information content (AvgIpc) is 2.28. The van der Waals surface area contributed by atoms with E-state index in [0.717, 1.165) is 5.75 Å². The SMILES string of the molecule is COc1ccc(N=C(C)/C(C(C)=O)=C(/C)O)cc1. The fourth-order valence-corrected chi connectivity index (χ4v) is 1.68. The van der Waals surface area contributed by atoms with E-state index in [-0.39, 0.29) is 17.1 Å². The lowest BCUT2D eigenvalue weighted by Crippen LogP contribution is -2.09. The van der Waals surface area contributed by atoms with E-state index >= 15 is 0 Å². The molecule has 1 rings (SSSR count). The molecule has 0 aliphatic heterocycles. The van der Waals surface area contributed by atoms with Crippen molar-refractivity contribution in [2.24, 2.45) is 4.99 Å². The summed E-state index contributed by atoms with van der Waals surface area (Å²) in [7, 11) is 1.59. The Hall–Kier alpha value is -2.10. The number of ether oxygens (including phenoxy) is 1. The van der Waals surface area contributed by atoms with Crippen LogP contribution in [0.4, 0.5) is 5.69 Å². The summed E-state index contributed by atoms with van der Waals surface area (Å²) >= 11 is 0. The molecule has 0 saturated carbocycles. The molecule has 0 bridgehead atoms. The molecule has 0 fully saturated rings. The monoisotopic (exact) mass is 247 g/mol. The molecule has 0 amide bonds. The molecule has 0 heterocycles. The normalized spacial score (nSPS) is 13.0. The van der Waals surface area contributed by atoms with Crippen LogP contribution in [-0.4, -0.2) is 23.7 Å². The first kappa shape index (κ1) is 14.0. The third-order valence-corrected chi connectivity index (χ3v) is 2.44.